The highest BCUT2D eigenvalue weighted by Gasteiger charge is 2.13. The van der Waals surface area contributed by atoms with E-state index in [2.05, 4.69) is 26.0 Å². The Morgan fingerprint density at radius 2 is 1.73 bits per heavy atom. The van der Waals surface area contributed by atoms with Gasteiger partial charge < -0.3 is 14.5 Å². The van der Waals surface area contributed by atoms with Gasteiger partial charge in [0.15, 0.2) is 0 Å². The zero-order valence-electron chi connectivity index (χ0n) is 16.7. The van der Waals surface area contributed by atoms with Gasteiger partial charge >= 0.3 is 5.97 Å². The van der Waals surface area contributed by atoms with E-state index in [0.717, 1.165) is 12.1 Å². The summed E-state index contributed by atoms with van der Waals surface area (Å²) < 4.78 is 4.95. The number of carbonyl (C=O) groups is 2. The molecular weight excluding hydrogens is 328 g/mol. The molecule has 1 aromatic rings. The fourth-order valence-corrected chi connectivity index (χ4v) is 2.38. The predicted octanol–water partition coefficient (Wildman–Crippen LogP) is 3.17. The summed E-state index contributed by atoms with van der Waals surface area (Å²) in [5.41, 5.74) is 2.26. The van der Waals surface area contributed by atoms with Crippen molar-refractivity contribution in [1.82, 2.24) is 9.80 Å². The first-order valence-electron chi connectivity index (χ1n) is 9.20. The molecule has 0 aliphatic rings. The number of likely N-dealkylation sites (N-methyl/N-ethyl adjacent to an activating group) is 1. The number of rotatable bonds is 10. The maximum absolute atomic E-state index is 12.5. The normalized spacial score (nSPS) is 11.3. The first-order valence-corrected chi connectivity index (χ1v) is 9.20. The molecule has 1 rings (SSSR count). The summed E-state index contributed by atoms with van der Waals surface area (Å²) in [4.78, 5) is 27.8. The Morgan fingerprint density at radius 3 is 2.27 bits per heavy atom. The molecule has 0 aliphatic heterocycles. The van der Waals surface area contributed by atoms with Crippen molar-refractivity contribution < 1.29 is 14.3 Å². The van der Waals surface area contributed by atoms with Crippen LogP contribution in [0.15, 0.2) is 30.3 Å². The van der Waals surface area contributed by atoms with E-state index in [1.54, 1.807) is 17.9 Å². The van der Waals surface area contributed by atoms with E-state index >= 15 is 0 Å². The van der Waals surface area contributed by atoms with E-state index in [0.29, 0.717) is 25.6 Å². The minimum absolute atomic E-state index is 0.0934. The second-order valence-electron chi connectivity index (χ2n) is 6.84. The highest BCUT2D eigenvalue weighted by atomic mass is 16.5. The summed E-state index contributed by atoms with van der Waals surface area (Å²) in [6, 6.07) is 8.20. The third-order valence-electron chi connectivity index (χ3n) is 4.04. The first kappa shape index (κ1) is 21.9. The molecule has 144 valence electrons. The molecule has 0 saturated heterocycles. The molecule has 0 spiro atoms. The third-order valence-corrected chi connectivity index (χ3v) is 4.04. The second kappa shape index (κ2) is 11.5. The van der Waals surface area contributed by atoms with E-state index in [4.69, 9.17) is 4.74 Å². The van der Waals surface area contributed by atoms with E-state index < -0.39 is 0 Å². The number of benzene rings is 1. The van der Waals surface area contributed by atoms with Gasteiger partial charge in [-0.15, -0.1) is 0 Å². The molecular formula is C21H32N2O3. The van der Waals surface area contributed by atoms with Gasteiger partial charge in [0.2, 0.25) is 5.91 Å². The van der Waals surface area contributed by atoms with Gasteiger partial charge in [0.1, 0.15) is 0 Å². The fraction of sp³-hybridized carbons (Fsp3) is 0.524. The Labute approximate surface area is 157 Å². The lowest BCUT2D eigenvalue weighted by Gasteiger charge is -2.22. The molecule has 0 N–H and O–H groups in total. The van der Waals surface area contributed by atoms with Crippen LogP contribution in [0.4, 0.5) is 0 Å². The molecule has 1 amide bonds. The van der Waals surface area contributed by atoms with Crippen LogP contribution in [0.3, 0.4) is 0 Å². The number of amides is 1. The topological polar surface area (TPSA) is 49.9 Å². The van der Waals surface area contributed by atoms with Gasteiger partial charge in [-0.2, -0.15) is 0 Å². The van der Waals surface area contributed by atoms with Gasteiger partial charge in [-0.1, -0.05) is 38.1 Å². The van der Waals surface area contributed by atoms with Gasteiger partial charge in [0.05, 0.1) is 13.0 Å². The van der Waals surface area contributed by atoms with Crippen molar-refractivity contribution in [3.8, 4) is 0 Å². The average Bonchev–Trinajstić information content (AvgIpc) is 2.60. The summed E-state index contributed by atoms with van der Waals surface area (Å²) in [5.74, 6) is 0.117. The standard InChI is InChI=1S/C21H32N2O3/c1-6-26-21(25)13-14-23(16-15-22(4)5)20(24)12-9-18-7-10-19(11-8-18)17(2)3/h7-12,17H,6,13-16H2,1-5H3/b12-9+. The van der Waals surface area contributed by atoms with Gasteiger partial charge in [-0.25, -0.2) is 0 Å². The summed E-state index contributed by atoms with van der Waals surface area (Å²) in [6.07, 6.45) is 3.61. The number of nitrogens with zero attached hydrogens (tertiary/aromatic N) is 2. The maximum Gasteiger partial charge on any atom is 0.307 e. The molecule has 0 radical (unpaired) electrons. The minimum atomic E-state index is -0.275. The molecule has 0 saturated carbocycles. The van der Waals surface area contributed by atoms with Crippen molar-refractivity contribution in [3.05, 3.63) is 41.5 Å². The van der Waals surface area contributed by atoms with E-state index in [1.807, 2.05) is 37.2 Å². The van der Waals surface area contributed by atoms with Gasteiger partial charge in [-0.05, 0) is 44.1 Å². The Hall–Kier alpha value is -2.14. The number of ether oxygens (including phenoxy) is 1. The zero-order valence-corrected chi connectivity index (χ0v) is 16.7. The summed E-state index contributed by atoms with van der Waals surface area (Å²) in [6.45, 7) is 8.12. The van der Waals surface area contributed by atoms with Crippen LogP contribution in [-0.4, -0.2) is 62.0 Å². The predicted molar refractivity (Wildman–Crippen MR) is 106 cm³/mol. The van der Waals surface area contributed by atoms with Crippen molar-refractivity contribution in [1.29, 1.82) is 0 Å². The van der Waals surface area contributed by atoms with Gasteiger partial charge in [-0.3, -0.25) is 9.59 Å². The van der Waals surface area contributed by atoms with Gasteiger partial charge in [0, 0.05) is 25.7 Å². The Morgan fingerprint density at radius 1 is 1.08 bits per heavy atom. The second-order valence-corrected chi connectivity index (χ2v) is 6.84. The molecule has 0 heterocycles. The minimum Gasteiger partial charge on any atom is -0.466 e. The molecule has 5 heteroatoms. The molecule has 0 fully saturated rings. The number of hydrogen-bond acceptors (Lipinski definition) is 4. The van der Waals surface area contributed by atoms with Crippen molar-refractivity contribution in [3.63, 3.8) is 0 Å². The number of carbonyl (C=O) groups excluding carboxylic acids is 2. The molecule has 5 nitrogen and oxygen atoms in total. The van der Waals surface area contributed by atoms with E-state index in [-0.39, 0.29) is 18.3 Å². The van der Waals surface area contributed by atoms with Crippen LogP contribution >= 0.6 is 0 Å². The quantitative estimate of drug-likeness (QED) is 0.475. The molecule has 26 heavy (non-hydrogen) atoms. The van der Waals surface area contributed by atoms with Crippen LogP contribution in [-0.2, 0) is 14.3 Å². The average molecular weight is 360 g/mol. The molecule has 0 unspecified atom stereocenters. The summed E-state index contributed by atoms with van der Waals surface area (Å²) >= 11 is 0. The number of esters is 1. The van der Waals surface area contributed by atoms with Crippen LogP contribution in [0.5, 0.6) is 0 Å². The molecule has 1 aromatic carbocycles. The molecule has 0 bridgehead atoms. The summed E-state index contributed by atoms with van der Waals surface area (Å²) in [5, 5.41) is 0. The van der Waals surface area contributed by atoms with E-state index in [1.165, 1.54) is 5.56 Å². The zero-order chi connectivity index (χ0) is 19.5. The Bertz CT molecular complexity index is 592. The lowest BCUT2D eigenvalue weighted by molar-refractivity contribution is -0.143. The highest BCUT2D eigenvalue weighted by molar-refractivity contribution is 5.92. The van der Waals surface area contributed by atoms with Crippen LogP contribution in [0.2, 0.25) is 0 Å². The first-order chi connectivity index (χ1) is 12.3. The Balaban J connectivity index is 2.71. The molecule has 0 aromatic heterocycles. The Kier molecular flexibility index (Phi) is 9.66. The van der Waals surface area contributed by atoms with Crippen LogP contribution < -0.4 is 0 Å². The smallest absolute Gasteiger partial charge is 0.307 e. The molecule has 0 atom stereocenters. The number of hydrogen-bond donors (Lipinski definition) is 0. The van der Waals surface area contributed by atoms with Crippen molar-refractivity contribution in [2.45, 2.75) is 33.1 Å². The van der Waals surface area contributed by atoms with Crippen LogP contribution in [0, 0.1) is 0 Å². The fourth-order valence-electron chi connectivity index (χ4n) is 2.38. The summed E-state index contributed by atoms with van der Waals surface area (Å²) in [7, 11) is 3.92. The third kappa shape index (κ3) is 8.30. The monoisotopic (exact) mass is 360 g/mol. The lowest BCUT2D eigenvalue weighted by atomic mass is 10.0. The van der Waals surface area contributed by atoms with Crippen molar-refractivity contribution >= 4 is 18.0 Å². The van der Waals surface area contributed by atoms with Crippen LogP contribution in [0.25, 0.3) is 6.08 Å². The van der Waals surface area contributed by atoms with Crippen LogP contribution in [0.1, 0.15) is 44.2 Å². The highest BCUT2D eigenvalue weighted by Crippen LogP contribution is 2.15. The lowest BCUT2D eigenvalue weighted by Crippen LogP contribution is -2.37. The van der Waals surface area contributed by atoms with Crippen molar-refractivity contribution in [2.24, 2.45) is 0 Å². The SMILES string of the molecule is CCOC(=O)CCN(CCN(C)C)C(=O)/C=C/c1ccc(C(C)C)cc1. The molecule has 0 aliphatic carbocycles. The maximum atomic E-state index is 12.5. The van der Waals surface area contributed by atoms with Gasteiger partial charge in [0.25, 0.3) is 0 Å². The van der Waals surface area contributed by atoms with E-state index in [9.17, 15) is 9.59 Å². The van der Waals surface area contributed by atoms with Crippen molar-refractivity contribution in [2.75, 3.05) is 40.3 Å². The largest absolute Gasteiger partial charge is 0.466 e.